The molecule has 2 rings (SSSR count). The minimum absolute atomic E-state index is 0.0619. The fourth-order valence-electron chi connectivity index (χ4n) is 3.23. The molecular weight excluding hydrogens is 282 g/mol. The number of piperazine rings is 1. The van der Waals surface area contributed by atoms with Crippen LogP contribution in [0, 0.1) is 5.92 Å². The third kappa shape index (κ3) is 4.71. The van der Waals surface area contributed by atoms with Crippen LogP contribution in [0.4, 0.5) is 0 Å². The molecule has 0 unspecified atom stereocenters. The standard InChI is InChI=1S/C16H27N3O3/c1-13(20)18-9-11-19(12-10-18)15(21)7-8-17-16(22)14-5-3-2-4-6-14/h14H,2-12H2,1H3,(H,17,22). The van der Waals surface area contributed by atoms with Crippen molar-refractivity contribution in [1.29, 1.82) is 0 Å². The summed E-state index contributed by atoms with van der Waals surface area (Å²) in [5, 5.41) is 2.90. The molecule has 0 aromatic heterocycles. The van der Waals surface area contributed by atoms with Gasteiger partial charge in [0.15, 0.2) is 0 Å². The number of carbonyl (C=O) groups excluding carboxylic acids is 3. The zero-order valence-corrected chi connectivity index (χ0v) is 13.5. The highest BCUT2D eigenvalue weighted by Gasteiger charge is 2.23. The van der Waals surface area contributed by atoms with Crippen LogP contribution in [0.25, 0.3) is 0 Å². The smallest absolute Gasteiger partial charge is 0.224 e. The average Bonchev–Trinajstić information content (AvgIpc) is 2.55. The van der Waals surface area contributed by atoms with E-state index in [1.165, 1.54) is 6.42 Å². The van der Waals surface area contributed by atoms with E-state index in [0.717, 1.165) is 25.7 Å². The van der Waals surface area contributed by atoms with Crippen molar-refractivity contribution in [2.75, 3.05) is 32.7 Å². The van der Waals surface area contributed by atoms with Gasteiger partial charge in [0.1, 0.15) is 0 Å². The van der Waals surface area contributed by atoms with Crippen molar-refractivity contribution in [1.82, 2.24) is 15.1 Å². The molecule has 22 heavy (non-hydrogen) atoms. The summed E-state index contributed by atoms with van der Waals surface area (Å²) in [6.07, 6.45) is 5.81. The fraction of sp³-hybridized carbons (Fsp3) is 0.812. The van der Waals surface area contributed by atoms with Crippen molar-refractivity contribution in [3.05, 3.63) is 0 Å². The highest BCUT2D eigenvalue weighted by molar-refractivity contribution is 5.81. The van der Waals surface area contributed by atoms with Crippen LogP contribution >= 0.6 is 0 Å². The number of amides is 3. The SMILES string of the molecule is CC(=O)N1CCN(C(=O)CCNC(=O)C2CCCCC2)CC1. The molecule has 0 aromatic rings. The molecule has 0 radical (unpaired) electrons. The minimum atomic E-state index is 0.0619. The van der Waals surface area contributed by atoms with E-state index in [9.17, 15) is 14.4 Å². The lowest BCUT2D eigenvalue weighted by Crippen LogP contribution is -2.50. The summed E-state index contributed by atoms with van der Waals surface area (Å²) in [7, 11) is 0. The van der Waals surface area contributed by atoms with Gasteiger partial charge in [-0.05, 0) is 12.8 Å². The Bertz CT molecular complexity index is 411. The Morgan fingerprint density at radius 3 is 2.14 bits per heavy atom. The largest absolute Gasteiger partial charge is 0.355 e. The second-order valence-electron chi connectivity index (χ2n) is 6.26. The lowest BCUT2D eigenvalue weighted by molar-refractivity contribution is -0.138. The Kier molecular flexibility index (Phi) is 6.21. The summed E-state index contributed by atoms with van der Waals surface area (Å²) >= 11 is 0. The number of nitrogens with zero attached hydrogens (tertiary/aromatic N) is 2. The van der Waals surface area contributed by atoms with Crippen LogP contribution in [-0.4, -0.2) is 60.2 Å². The molecule has 124 valence electrons. The first-order chi connectivity index (χ1) is 10.6. The minimum Gasteiger partial charge on any atom is -0.355 e. The molecule has 0 bridgehead atoms. The van der Waals surface area contributed by atoms with E-state index in [0.29, 0.717) is 39.1 Å². The highest BCUT2D eigenvalue weighted by atomic mass is 16.2. The zero-order valence-electron chi connectivity index (χ0n) is 13.5. The highest BCUT2D eigenvalue weighted by Crippen LogP contribution is 2.23. The van der Waals surface area contributed by atoms with E-state index in [1.54, 1.807) is 16.7 Å². The average molecular weight is 309 g/mol. The van der Waals surface area contributed by atoms with Gasteiger partial charge in [-0.25, -0.2) is 0 Å². The van der Waals surface area contributed by atoms with Gasteiger partial charge in [-0.1, -0.05) is 19.3 Å². The van der Waals surface area contributed by atoms with E-state index in [4.69, 9.17) is 0 Å². The topological polar surface area (TPSA) is 69.7 Å². The summed E-state index contributed by atoms with van der Waals surface area (Å²) in [6, 6.07) is 0. The van der Waals surface area contributed by atoms with E-state index < -0.39 is 0 Å². The van der Waals surface area contributed by atoms with Gasteiger partial charge < -0.3 is 15.1 Å². The van der Waals surface area contributed by atoms with Gasteiger partial charge in [0.2, 0.25) is 17.7 Å². The molecule has 1 saturated heterocycles. The third-order valence-electron chi connectivity index (χ3n) is 4.69. The number of hydrogen-bond donors (Lipinski definition) is 1. The van der Waals surface area contributed by atoms with Crippen LogP contribution < -0.4 is 5.32 Å². The predicted octanol–water partition coefficient (Wildman–Crippen LogP) is 0.764. The normalized spacial score (nSPS) is 19.9. The van der Waals surface area contributed by atoms with Gasteiger partial charge in [-0.2, -0.15) is 0 Å². The summed E-state index contributed by atoms with van der Waals surface area (Å²) in [5.41, 5.74) is 0. The van der Waals surface area contributed by atoms with Gasteiger partial charge >= 0.3 is 0 Å². The van der Waals surface area contributed by atoms with E-state index in [-0.39, 0.29) is 23.6 Å². The summed E-state index contributed by atoms with van der Waals surface area (Å²) in [4.78, 5) is 38.9. The van der Waals surface area contributed by atoms with Crippen molar-refractivity contribution in [2.24, 2.45) is 5.92 Å². The molecule has 1 aliphatic heterocycles. The maximum Gasteiger partial charge on any atom is 0.224 e. The Balaban J connectivity index is 1.63. The lowest BCUT2D eigenvalue weighted by atomic mass is 9.89. The van der Waals surface area contributed by atoms with Crippen LogP contribution in [0.15, 0.2) is 0 Å². The lowest BCUT2D eigenvalue weighted by Gasteiger charge is -2.34. The van der Waals surface area contributed by atoms with Crippen molar-refractivity contribution in [3.63, 3.8) is 0 Å². The van der Waals surface area contributed by atoms with Crippen molar-refractivity contribution in [3.8, 4) is 0 Å². The molecule has 0 aromatic carbocycles. The number of hydrogen-bond acceptors (Lipinski definition) is 3. The fourth-order valence-corrected chi connectivity index (χ4v) is 3.23. The Labute approximate surface area is 132 Å². The molecule has 2 aliphatic rings. The second kappa shape index (κ2) is 8.15. The number of nitrogens with one attached hydrogen (secondary N) is 1. The molecule has 3 amide bonds. The van der Waals surface area contributed by atoms with Crippen LogP contribution in [0.3, 0.4) is 0 Å². The van der Waals surface area contributed by atoms with E-state index in [2.05, 4.69) is 5.32 Å². The van der Waals surface area contributed by atoms with Crippen molar-refractivity contribution >= 4 is 17.7 Å². The molecule has 1 saturated carbocycles. The molecule has 6 heteroatoms. The quantitative estimate of drug-likeness (QED) is 0.833. The van der Waals surface area contributed by atoms with Crippen LogP contribution in [0.5, 0.6) is 0 Å². The zero-order chi connectivity index (χ0) is 15.9. The third-order valence-corrected chi connectivity index (χ3v) is 4.69. The number of rotatable bonds is 4. The Morgan fingerprint density at radius 1 is 0.955 bits per heavy atom. The van der Waals surface area contributed by atoms with Gasteiger partial charge in [0, 0.05) is 52.0 Å². The van der Waals surface area contributed by atoms with E-state index in [1.807, 2.05) is 0 Å². The maximum absolute atomic E-state index is 12.1. The van der Waals surface area contributed by atoms with Crippen molar-refractivity contribution < 1.29 is 14.4 Å². The van der Waals surface area contributed by atoms with Crippen LogP contribution in [0.2, 0.25) is 0 Å². The summed E-state index contributed by atoms with van der Waals surface area (Å²) < 4.78 is 0. The second-order valence-corrected chi connectivity index (χ2v) is 6.26. The molecule has 6 nitrogen and oxygen atoms in total. The predicted molar refractivity (Wildman–Crippen MR) is 83.0 cm³/mol. The molecule has 2 fully saturated rings. The van der Waals surface area contributed by atoms with Gasteiger partial charge in [0.25, 0.3) is 0 Å². The van der Waals surface area contributed by atoms with Crippen LogP contribution in [0.1, 0.15) is 45.4 Å². The molecule has 0 atom stereocenters. The monoisotopic (exact) mass is 309 g/mol. The van der Waals surface area contributed by atoms with Gasteiger partial charge in [-0.15, -0.1) is 0 Å². The number of carbonyl (C=O) groups is 3. The van der Waals surface area contributed by atoms with E-state index >= 15 is 0 Å². The molecular formula is C16H27N3O3. The maximum atomic E-state index is 12.1. The van der Waals surface area contributed by atoms with Crippen molar-refractivity contribution in [2.45, 2.75) is 45.4 Å². The Morgan fingerprint density at radius 2 is 1.55 bits per heavy atom. The molecule has 0 spiro atoms. The molecule has 1 N–H and O–H groups in total. The summed E-state index contributed by atoms with van der Waals surface area (Å²) in [6.45, 7) is 4.37. The first-order valence-corrected chi connectivity index (χ1v) is 8.39. The van der Waals surface area contributed by atoms with Crippen LogP contribution in [-0.2, 0) is 14.4 Å². The summed E-state index contributed by atoms with van der Waals surface area (Å²) in [5.74, 6) is 0.371. The Hall–Kier alpha value is -1.59. The van der Waals surface area contributed by atoms with Gasteiger partial charge in [-0.3, -0.25) is 14.4 Å². The molecule has 1 heterocycles. The molecule has 1 aliphatic carbocycles. The van der Waals surface area contributed by atoms with Gasteiger partial charge in [0.05, 0.1) is 0 Å². The first-order valence-electron chi connectivity index (χ1n) is 8.39. The first kappa shape index (κ1) is 16.8.